The van der Waals surface area contributed by atoms with E-state index in [1.54, 1.807) is 12.4 Å². The Balaban J connectivity index is 0.00000193. The Morgan fingerprint density at radius 3 is 2.76 bits per heavy atom. The number of aliphatic carboxylic acids is 1. The number of rotatable bonds is 7. The fraction of sp³-hybridized carbons (Fsp3) is 0.250. The number of nitrogens with zero attached hydrogens (tertiary/aromatic N) is 4. The predicted molar refractivity (Wildman–Crippen MR) is 129 cm³/mol. The highest BCUT2D eigenvalue weighted by Crippen LogP contribution is 2.44. The highest BCUT2D eigenvalue weighted by molar-refractivity contribution is 8.05. The van der Waals surface area contributed by atoms with Gasteiger partial charge in [0.1, 0.15) is 22.8 Å². The van der Waals surface area contributed by atoms with Gasteiger partial charge in [-0.25, -0.2) is 9.78 Å². The number of aromatic nitrogens is 3. The molecule has 0 aromatic carbocycles. The summed E-state index contributed by atoms with van der Waals surface area (Å²) >= 11 is 3.73. The van der Waals surface area contributed by atoms with Crippen LogP contribution < -0.4 is 11.1 Å². The number of carboxylic acid groups (broad SMARTS) is 1. The number of nitrogen functional groups attached to an aromatic ring is 1. The van der Waals surface area contributed by atoms with Gasteiger partial charge in [0, 0.05) is 33.6 Å². The minimum absolute atomic E-state index is 0. The van der Waals surface area contributed by atoms with Crippen molar-refractivity contribution in [3.8, 4) is 0 Å². The van der Waals surface area contributed by atoms with Gasteiger partial charge in [-0.3, -0.25) is 19.6 Å². The molecule has 1 fully saturated rings. The van der Waals surface area contributed by atoms with E-state index < -0.39 is 29.2 Å². The number of hydrogen-bond donors (Lipinski definition) is 5. The second-order valence-electron chi connectivity index (χ2n) is 6.35. The summed E-state index contributed by atoms with van der Waals surface area (Å²) in [4.78, 5) is 42.7. The molecule has 178 valence electrons. The quantitative estimate of drug-likeness (QED) is 0.144. The maximum Gasteiger partial charge on any atom is 0.353 e. The van der Waals surface area contributed by atoms with Gasteiger partial charge < -0.3 is 21.4 Å². The summed E-state index contributed by atoms with van der Waals surface area (Å²) in [6.07, 6.45) is 3.35. The monoisotopic (exact) mass is 553 g/mol. The molecular formula is C16H17Cl2N7O5S3. The molecule has 4 rings (SSSR count). The first kappa shape index (κ1) is 26.8. The molecular weight excluding hydrogens is 537 g/mol. The van der Waals surface area contributed by atoms with Gasteiger partial charge in [0.05, 0.1) is 6.20 Å². The zero-order valence-corrected chi connectivity index (χ0v) is 20.4. The summed E-state index contributed by atoms with van der Waals surface area (Å²) in [6, 6.07) is -0.958. The number of anilines is 1. The van der Waals surface area contributed by atoms with Gasteiger partial charge in [0.2, 0.25) is 0 Å². The van der Waals surface area contributed by atoms with Crippen LogP contribution in [0.15, 0.2) is 33.5 Å². The molecule has 0 radical (unpaired) electrons. The summed E-state index contributed by atoms with van der Waals surface area (Å²) in [7, 11) is 0. The van der Waals surface area contributed by atoms with Gasteiger partial charge in [0.25, 0.3) is 11.8 Å². The van der Waals surface area contributed by atoms with Crippen molar-refractivity contribution in [1.29, 1.82) is 0 Å². The molecule has 0 aliphatic carbocycles. The average molecular weight is 554 g/mol. The summed E-state index contributed by atoms with van der Waals surface area (Å²) in [5.41, 5.74) is 6.04. The molecule has 4 heterocycles. The van der Waals surface area contributed by atoms with E-state index in [0.717, 1.165) is 16.9 Å². The molecule has 0 spiro atoms. The Hall–Kier alpha value is -2.46. The number of hydrogen-bond acceptors (Lipinski definition) is 11. The van der Waals surface area contributed by atoms with Crippen LogP contribution in [-0.4, -0.2) is 71.1 Å². The van der Waals surface area contributed by atoms with Crippen LogP contribution in [0, 0.1) is 0 Å². The zero-order chi connectivity index (χ0) is 22.1. The number of thioether (sulfide) groups is 2. The lowest BCUT2D eigenvalue weighted by Gasteiger charge is -2.49. The first-order valence-corrected chi connectivity index (χ1v) is 11.6. The van der Waals surface area contributed by atoms with Gasteiger partial charge in [0.15, 0.2) is 10.8 Å². The summed E-state index contributed by atoms with van der Waals surface area (Å²) in [5.74, 6) is -1.71. The molecule has 17 heteroatoms. The highest BCUT2D eigenvalue weighted by Gasteiger charge is 2.54. The topological polar surface area (TPSA) is 187 Å². The molecule has 0 saturated carbocycles. The number of nitrogens with two attached hydrogens (primary N) is 1. The SMILES string of the molecule is Cl.Cl.Nc1nc(C(=NO)C(=O)N[C@@H]2C(=O)N3C(C(=O)O)=C(SCc4cn[nH]c4)CS[C@@H]23)cs1. The first-order chi connectivity index (χ1) is 14.9. The maximum absolute atomic E-state index is 12.7. The zero-order valence-electron chi connectivity index (χ0n) is 16.3. The van der Waals surface area contributed by atoms with Crippen molar-refractivity contribution in [2.45, 2.75) is 17.2 Å². The number of halogens is 2. The van der Waals surface area contributed by atoms with Crippen LogP contribution in [-0.2, 0) is 20.1 Å². The molecule has 2 aromatic heterocycles. The van der Waals surface area contributed by atoms with E-state index in [0.29, 0.717) is 16.4 Å². The van der Waals surface area contributed by atoms with E-state index in [4.69, 9.17) is 5.73 Å². The number of carboxylic acids is 1. The molecule has 1 saturated heterocycles. The van der Waals surface area contributed by atoms with Crippen LogP contribution in [0.2, 0.25) is 0 Å². The van der Waals surface area contributed by atoms with Crippen LogP contribution in [0.3, 0.4) is 0 Å². The lowest BCUT2D eigenvalue weighted by molar-refractivity contribution is -0.150. The van der Waals surface area contributed by atoms with Gasteiger partial charge in [-0.2, -0.15) is 5.10 Å². The second-order valence-corrected chi connectivity index (χ2v) is 9.42. The van der Waals surface area contributed by atoms with E-state index in [2.05, 4.69) is 25.7 Å². The largest absolute Gasteiger partial charge is 0.477 e. The number of fused-ring (bicyclic) bond motifs is 1. The Morgan fingerprint density at radius 2 is 2.18 bits per heavy atom. The molecule has 12 nitrogen and oxygen atoms in total. The third kappa shape index (κ3) is 5.22. The number of oxime groups is 1. The molecule has 33 heavy (non-hydrogen) atoms. The smallest absolute Gasteiger partial charge is 0.353 e. The number of carbonyl (C=O) groups excluding carboxylic acids is 2. The number of carbonyl (C=O) groups is 3. The standard InChI is InChI=1S/C16H15N7O5S3.2ClH/c17-16-20-7(4-31-16)9(22-28)12(24)21-10-13(25)23-11(15(26)27)8(5-30-14(10)23)29-3-6-1-18-19-2-6;;/h1-2,4,10,14,28H,3,5H2,(H2,17,20)(H,18,19)(H,21,24)(H,26,27);2*1H/t10-,14+;;/m1../s1. The van der Waals surface area contributed by atoms with Crippen molar-refractivity contribution in [1.82, 2.24) is 25.4 Å². The van der Waals surface area contributed by atoms with Crippen molar-refractivity contribution >= 4 is 88.3 Å². The lowest BCUT2D eigenvalue weighted by Crippen LogP contribution is -2.71. The number of H-pyrrole nitrogens is 1. The van der Waals surface area contributed by atoms with Crippen molar-refractivity contribution < 1.29 is 24.7 Å². The van der Waals surface area contributed by atoms with Crippen LogP contribution in [0.5, 0.6) is 0 Å². The van der Waals surface area contributed by atoms with E-state index in [-0.39, 0.29) is 47.0 Å². The molecule has 0 bridgehead atoms. The fourth-order valence-corrected chi connectivity index (χ4v) is 6.15. The normalized spacial score (nSPS) is 19.7. The van der Waals surface area contributed by atoms with Gasteiger partial charge in [-0.15, -0.1) is 59.7 Å². The van der Waals surface area contributed by atoms with Gasteiger partial charge in [-0.05, 0) is 0 Å². The third-order valence-electron chi connectivity index (χ3n) is 4.47. The van der Waals surface area contributed by atoms with E-state index in [9.17, 15) is 24.7 Å². The number of β-lactam (4-membered cyclic amide) rings is 1. The van der Waals surface area contributed by atoms with E-state index in [1.807, 2.05) is 0 Å². The van der Waals surface area contributed by atoms with Gasteiger partial charge in [-0.1, -0.05) is 5.16 Å². The molecule has 2 aromatic rings. The number of aromatic amines is 1. The van der Waals surface area contributed by atoms with Crippen LogP contribution in [0.25, 0.3) is 0 Å². The minimum atomic E-state index is -1.21. The van der Waals surface area contributed by atoms with Crippen molar-refractivity contribution in [3.05, 3.63) is 39.6 Å². The average Bonchev–Trinajstić information content (AvgIpc) is 3.42. The molecule has 2 aliphatic rings. The third-order valence-corrected chi connectivity index (χ3v) is 7.77. The molecule has 2 aliphatic heterocycles. The number of thiazole rings is 1. The molecule has 0 unspecified atom stereocenters. The maximum atomic E-state index is 12.7. The minimum Gasteiger partial charge on any atom is -0.477 e. The molecule has 2 amide bonds. The van der Waals surface area contributed by atoms with Crippen LogP contribution >= 0.6 is 59.7 Å². The highest BCUT2D eigenvalue weighted by atomic mass is 35.5. The van der Waals surface area contributed by atoms with Crippen molar-refractivity contribution in [2.75, 3.05) is 11.5 Å². The van der Waals surface area contributed by atoms with Crippen molar-refractivity contribution in [2.24, 2.45) is 5.16 Å². The Bertz CT molecular complexity index is 1110. The van der Waals surface area contributed by atoms with Gasteiger partial charge >= 0.3 is 5.97 Å². The molecule has 6 N–H and O–H groups in total. The first-order valence-electron chi connectivity index (χ1n) is 8.66. The Morgan fingerprint density at radius 1 is 1.42 bits per heavy atom. The summed E-state index contributed by atoms with van der Waals surface area (Å²) in [5, 5.41) is 32.0. The van der Waals surface area contributed by atoms with Crippen LogP contribution in [0.1, 0.15) is 11.3 Å². The van der Waals surface area contributed by atoms with Crippen molar-refractivity contribution in [3.63, 3.8) is 0 Å². The second kappa shape index (κ2) is 11.1. The molecule has 2 atom stereocenters. The number of nitrogens with one attached hydrogen (secondary N) is 2. The predicted octanol–water partition coefficient (Wildman–Crippen LogP) is 1.10. The summed E-state index contributed by atoms with van der Waals surface area (Å²) in [6.45, 7) is 0. The lowest BCUT2D eigenvalue weighted by atomic mass is 10.0. The van der Waals surface area contributed by atoms with E-state index in [1.165, 1.54) is 33.8 Å². The fourth-order valence-electron chi connectivity index (χ4n) is 3.05. The van der Waals surface area contributed by atoms with E-state index >= 15 is 0 Å². The van der Waals surface area contributed by atoms with Crippen LogP contribution in [0.4, 0.5) is 5.13 Å². The number of amides is 2. The Kier molecular flexibility index (Phi) is 9.02. The summed E-state index contributed by atoms with van der Waals surface area (Å²) < 4.78 is 0. The Labute approximate surface area is 211 Å².